The molecule has 2 fully saturated rings. The molecule has 1 N–H and O–H groups in total. The predicted octanol–water partition coefficient (Wildman–Crippen LogP) is 2.34. The number of hydrogen-bond donors (Lipinski definition) is 1. The number of nitrogens with one attached hydrogen (secondary N) is 1. The van der Waals surface area contributed by atoms with Gasteiger partial charge in [0, 0.05) is 63.3 Å². The SMILES string of the molecule is CCc1ccccc1N1CCN(C(=O)NC[C@H]2CC(=O)N(C(C)C)C2)CC1. The number of para-hydroxylation sites is 1. The van der Waals surface area contributed by atoms with Crippen LogP contribution in [0.15, 0.2) is 24.3 Å². The summed E-state index contributed by atoms with van der Waals surface area (Å²) >= 11 is 0. The van der Waals surface area contributed by atoms with E-state index >= 15 is 0 Å². The first-order valence-electron chi connectivity index (χ1n) is 10.1. The number of benzene rings is 1. The second kappa shape index (κ2) is 8.63. The van der Waals surface area contributed by atoms with E-state index in [2.05, 4.69) is 41.4 Å². The molecule has 3 rings (SSSR count). The van der Waals surface area contributed by atoms with Gasteiger partial charge in [0.15, 0.2) is 0 Å². The quantitative estimate of drug-likeness (QED) is 0.863. The van der Waals surface area contributed by atoms with Crippen molar-refractivity contribution in [2.75, 3.05) is 44.2 Å². The number of carbonyl (C=O) groups is 2. The molecular formula is C21H32N4O2. The number of likely N-dealkylation sites (tertiary alicyclic amines) is 1. The molecule has 0 aromatic heterocycles. The van der Waals surface area contributed by atoms with E-state index in [1.807, 2.05) is 23.6 Å². The van der Waals surface area contributed by atoms with Crippen molar-refractivity contribution in [1.82, 2.24) is 15.1 Å². The number of amides is 3. The van der Waals surface area contributed by atoms with Crippen molar-refractivity contribution >= 4 is 17.6 Å². The van der Waals surface area contributed by atoms with E-state index in [1.165, 1.54) is 11.3 Å². The number of anilines is 1. The monoisotopic (exact) mass is 372 g/mol. The van der Waals surface area contributed by atoms with Crippen molar-refractivity contribution in [3.8, 4) is 0 Å². The lowest BCUT2D eigenvalue weighted by Gasteiger charge is -2.37. The van der Waals surface area contributed by atoms with Gasteiger partial charge in [-0.25, -0.2) is 4.79 Å². The summed E-state index contributed by atoms with van der Waals surface area (Å²) in [6.07, 6.45) is 1.56. The van der Waals surface area contributed by atoms with Crippen LogP contribution >= 0.6 is 0 Å². The summed E-state index contributed by atoms with van der Waals surface area (Å²) in [5.41, 5.74) is 2.65. The maximum atomic E-state index is 12.5. The first kappa shape index (κ1) is 19.5. The number of hydrogen-bond acceptors (Lipinski definition) is 3. The van der Waals surface area contributed by atoms with Gasteiger partial charge in [0.2, 0.25) is 5.91 Å². The number of piperazine rings is 1. The van der Waals surface area contributed by atoms with Crippen LogP contribution in [0.3, 0.4) is 0 Å². The molecule has 2 aliphatic rings. The van der Waals surface area contributed by atoms with Gasteiger partial charge in [0.05, 0.1) is 0 Å². The highest BCUT2D eigenvalue weighted by atomic mass is 16.2. The van der Waals surface area contributed by atoms with Crippen molar-refractivity contribution in [3.63, 3.8) is 0 Å². The average molecular weight is 373 g/mol. The molecule has 0 aliphatic carbocycles. The van der Waals surface area contributed by atoms with E-state index in [0.717, 1.165) is 39.1 Å². The van der Waals surface area contributed by atoms with Gasteiger partial charge >= 0.3 is 6.03 Å². The molecule has 0 spiro atoms. The first-order chi connectivity index (χ1) is 13.0. The van der Waals surface area contributed by atoms with Crippen LogP contribution in [-0.4, -0.2) is 67.0 Å². The van der Waals surface area contributed by atoms with Crippen LogP contribution < -0.4 is 10.2 Å². The number of rotatable bonds is 5. The topological polar surface area (TPSA) is 55.9 Å². The first-order valence-corrected chi connectivity index (χ1v) is 10.1. The lowest BCUT2D eigenvalue weighted by atomic mass is 10.1. The molecule has 1 aromatic carbocycles. The minimum absolute atomic E-state index is 0.00567. The van der Waals surface area contributed by atoms with Crippen molar-refractivity contribution in [2.24, 2.45) is 5.92 Å². The number of urea groups is 1. The van der Waals surface area contributed by atoms with Gasteiger partial charge < -0.3 is 20.0 Å². The molecular weight excluding hydrogens is 340 g/mol. The Bertz CT molecular complexity index is 668. The Morgan fingerprint density at radius 1 is 1.19 bits per heavy atom. The second-order valence-electron chi connectivity index (χ2n) is 7.85. The van der Waals surface area contributed by atoms with Crippen molar-refractivity contribution in [3.05, 3.63) is 29.8 Å². The van der Waals surface area contributed by atoms with Crippen molar-refractivity contribution < 1.29 is 9.59 Å². The molecule has 3 amide bonds. The molecule has 2 aliphatic heterocycles. The molecule has 0 radical (unpaired) electrons. The Kier molecular flexibility index (Phi) is 6.24. The molecule has 1 aromatic rings. The van der Waals surface area contributed by atoms with Crippen LogP contribution in [0.25, 0.3) is 0 Å². The third-order valence-corrected chi connectivity index (χ3v) is 5.68. The number of nitrogens with zero attached hydrogens (tertiary/aromatic N) is 3. The molecule has 2 saturated heterocycles. The lowest BCUT2D eigenvalue weighted by Crippen LogP contribution is -2.52. The van der Waals surface area contributed by atoms with Crippen LogP contribution in [0, 0.1) is 5.92 Å². The number of carbonyl (C=O) groups excluding carboxylic acids is 2. The van der Waals surface area contributed by atoms with Crippen molar-refractivity contribution in [1.29, 1.82) is 0 Å². The van der Waals surface area contributed by atoms with Crippen LogP contribution in [0.4, 0.5) is 10.5 Å². The van der Waals surface area contributed by atoms with Crippen LogP contribution in [-0.2, 0) is 11.2 Å². The zero-order valence-electron chi connectivity index (χ0n) is 16.8. The number of aryl methyl sites for hydroxylation is 1. The Labute approximate surface area is 162 Å². The van der Waals surface area contributed by atoms with E-state index in [-0.39, 0.29) is 23.9 Å². The third kappa shape index (κ3) is 4.54. The highest BCUT2D eigenvalue weighted by Crippen LogP contribution is 2.22. The fourth-order valence-electron chi connectivity index (χ4n) is 4.06. The van der Waals surface area contributed by atoms with E-state index < -0.39 is 0 Å². The zero-order chi connectivity index (χ0) is 19.4. The molecule has 0 bridgehead atoms. The maximum Gasteiger partial charge on any atom is 0.317 e. The maximum absolute atomic E-state index is 12.5. The van der Waals surface area contributed by atoms with E-state index in [9.17, 15) is 9.59 Å². The van der Waals surface area contributed by atoms with Gasteiger partial charge in [-0.05, 0) is 31.9 Å². The molecule has 0 saturated carbocycles. The van der Waals surface area contributed by atoms with Gasteiger partial charge in [-0.2, -0.15) is 0 Å². The van der Waals surface area contributed by atoms with E-state index in [0.29, 0.717) is 13.0 Å². The summed E-state index contributed by atoms with van der Waals surface area (Å²) in [7, 11) is 0. The molecule has 6 heteroatoms. The van der Waals surface area contributed by atoms with Gasteiger partial charge in [-0.1, -0.05) is 25.1 Å². The van der Waals surface area contributed by atoms with Crippen molar-refractivity contribution in [2.45, 2.75) is 39.7 Å². The molecule has 1 atom stereocenters. The summed E-state index contributed by atoms with van der Waals surface area (Å²) < 4.78 is 0. The van der Waals surface area contributed by atoms with Crippen LogP contribution in [0.5, 0.6) is 0 Å². The summed E-state index contributed by atoms with van der Waals surface area (Å²) in [6, 6.07) is 8.74. The third-order valence-electron chi connectivity index (χ3n) is 5.68. The molecule has 6 nitrogen and oxygen atoms in total. The Hall–Kier alpha value is -2.24. The standard InChI is InChI=1S/C21H32N4O2/c1-4-18-7-5-6-8-19(18)23-9-11-24(12-10-23)21(27)22-14-17-13-20(26)25(15-17)16(2)3/h5-8,16-17H,4,9-15H2,1-3H3,(H,22,27)/t17-/m1/s1. The largest absolute Gasteiger partial charge is 0.368 e. The molecule has 148 valence electrons. The molecule has 2 heterocycles. The predicted molar refractivity (Wildman–Crippen MR) is 108 cm³/mol. The highest BCUT2D eigenvalue weighted by molar-refractivity contribution is 5.79. The van der Waals surface area contributed by atoms with Gasteiger partial charge in [-0.15, -0.1) is 0 Å². The molecule has 0 unspecified atom stereocenters. The Morgan fingerprint density at radius 3 is 2.52 bits per heavy atom. The Morgan fingerprint density at radius 2 is 1.89 bits per heavy atom. The highest BCUT2D eigenvalue weighted by Gasteiger charge is 2.31. The summed E-state index contributed by atoms with van der Waals surface area (Å²) in [6.45, 7) is 10.7. The fourth-order valence-corrected chi connectivity index (χ4v) is 4.06. The van der Waals surface area contributed by atoms with Crippen LogP contribution in [0.2, 0.25) is 0 Å². The van der Waals surface area contributed by atoms with E-state index in [1.54, 1.807) is 0 Å². The summed E-state index contributed by atoms with van der Waals surface area (Å²) in [5, 5.41) is 3.04. The summed E-state index contributed by atoms with van der Waals surface area (Å²) in [5.74, 6) is 0.425. The van der Waals surface area contributed by atoms with Crippen LogP contribution in [0.1, 0.15) is 32.8 Å². The zero-order valence-corrected chi connectivity index (χ0v) is 16.8. The second-order valence-corrected chi connectivity index (χ2v) is 7.85. The minimum atomic E-state index is -0.00567. The normalized spacial score (nSPS) is 20.5. The van der Waals surface area contributed by atoms with E-state index in [4.69, 9.17) is 0 Å². The Balaban J connectivity index is 1.46. The lowest BCUT2D eigenvalue weighted by molar-refractivity contribution is -0.129. The molecule has 27 heavy (non-hydrogen) atoms. The fraction of sp³-hybridized carbons (Fsp3) is 0.619. The van der Waals surface area contributed by atoms with Gasteiger partial charge in [0.1, 0.15) is 0 Å². The average Bonchev–Trinajstić information content (AvgIpc) is 3.07. The smallest absolute Gasteiger partial charge is 0.317 e. The van der Waals surface area contributed by atoms with Gasteiger partial charge in [-0.3, -0.25) is 4.79 Å². The minimum Gasteiger partial charge on any atom is -0.368 e. The summed E-state index contributed by atoms with van der Waals surface area (Å²) in [4.78, 5) is 30.7. The van der Waals surface area contributed by atoms with Gasteiger partial charge in [0.25, 0.3) is 0 Å².